The fourth-order valence-corrected chi connectivity index (χ4v) is 3.89. The van der Waals surface area contributed by atoms with Crippen LogP contribution >= 0.6 is 0 Å². The quantitative estimate of drug-likeness (QED) is 0.266. The van der Waals surface area contributed by atoms with E-state index in [1.165, 1.54) is 37.4 Å². The molecular weight excluding hydrogens is 494 g/mol. The van der Waals surface area contributed by atoms with Crippen LogP contribution in [-0.4, -0.2) is 78.3 Å². The van der Waals surface area contributed by atoms with Crippen LogP contribution in [-0.2, 0) is 30.1 Å². The molecule has 0 bridgehead atoms. The van der Waals surface area contributed by atoms with Crippen LogP contribution in [0.2, 0.25) is 0 Å². The van der Waals surface area contributed by atoms with Crippen molar-refractivity contribution in [3.63, 3.8) is 0 Å². The number of carbonyl (C=O) groups excluding carboxylic acids is 2. The molecule has 0 spiro atoms. The van der Waals surface area contributed by atoms with Gasteiger partial charge in [-0.1, -0.05) is 0 Å². The minimum Gasteiger partial charge on any atom is -0.461 e. The first kappa shape index (κ1) is 26.4. The number of hydrogen-bond acceptors (Lipinski definition) is 10. The van der Waals surface area contributed by atoms with Crippen LogP contribution in [0.3, 0.4) is 0 Å². The topological polar surface area (TPSA) is 143 Å². The molecule has 4 heterocycles. The molecule has 0 aliphatic heterocycles. The predicted molar refractivity (Wildman–Crippen MR) is 136 cm³/mol. The molecule has 4 aromatic heterocycles. The molecule has 1 atom stereocenters. The van der Waals surface area contributed by atoms with E-state index in [9.17, 15) is 19.2 Å². The van der Waals surface area contributed by atoms with Crippen molar-refractivity contribution in [2.75, 3.05) is 26.7 Å². The molecule has 0 aromatic carbocycles. The Kier molecular flexibility index (Phi) is 8.06. The Morgan fingerprint density at radius 2 is 1.66 bits per heavy atom. The van der Waals surface area contributed by atoms with E-state index in [2.05, 4.69) is 15.0 Å². The Morgan fingerprint density at radius 1 is 1.00 bits per heavy atom. The number of aromatic nitrogens is 6. The molecule has 198 valence electrons. The second-order valence-corrected chi connectivity index (χ2v) is 8.68. The average Bonchev–Trinajstić information content (AvgIpc) is 3.35. The molecule has 13 nitrogen and oxygen atoms in total. The molecule has 0 aliphatic carbocycles. The number of aryl methyl sites for hydroxylation is 1. The van der Waals surface area contributed by atoms with Crippen molar-refractivity contribution in [3.8, 4) is 0 Å². The summed E-state index contributed by atoms with van der Waals surface area (Å²) in [7, 11) is 4.71. The van der Waals surface area contributed by atoms with Gasteiger partial charge >= 0.3 is 17.6 Å². The summed E-state index contributed by atoms with van der Waals surface area (Å²) in [6.45, 7) is 0.802. The number of rotatable bonds is 10. The van der Waals surface area contributed by atoms with Gasteiger partial charge in [-0.25, -0.2) is 19.4 Å². The van der Waals surface area contributed by atoms with Gasteiger partial charge < -0.3 is 14.0 Å². The predicted octanol–water partition coefficient (Wildman–Crippen LogP) is 0.238. The second kappa shape index (κ2) is 11.6. The number of nitrogens with zero attached hydrogens (tertiary/aromatic N) is 7. The molecule has 0 aliphatic rings. The summed E-state index contributed by atoms with van der Waals surface area (Å²) < 4.78 is 15.0. The van der Waals surface area contributed by atoms with Crippen LogP contribution in [0, 0.1) is 0 Å². The number of imidazole rings is 1. The number of pyridine rings is 2. The largest absolute Gasteiger partial charge is 0.461 e. The van der Waals surface area contributed by atoms with Gasteiger partial charge in [0.05, 0.1) is 24.0 Å². The fraction of sp³-hybridized carbons (Fsp3) is 0.320. The highest BCUT2D eigenvalue weighted by Crippen LogP contribution is 2.11. The van der Waals surface area contributed by atoms with E-state index >= 15 is 0 Å². The van der Waals surface area contributed by atoms with E-state index in [4.69, 9.17) is 9.47 Å². The van der Waals surface area contributed by atoms with Gasteiger partial charge in [0.2, 0.25) is 0 Å². The first-order chi connectivity index (χ1) is 18.3. The standard InChI is InChI=1S/C25H27N7O6/c1-29(10-11-37-23(34)17-6-4-8-26-12-17)14-19(38-24(35)18-7-5-9-27-13-18)15-32-16-28-21-20(32)22(33)31(3)25(36)30(21)2/h4-9,12-13,16,19H,10-11,14-15H2,1-3H3. The summed E-state index contributed by atoms with van der Waals surface area (Å²) in [4.78, 5) is 64.1. The number of likely N-dealkylation sites (N-methyl/N-ethyl adjacent to an activating group) is 1. The van der Waals surface area contributed by atoms with E-state index in [1.807, 2.05) is 4.90 Å². The first-order valence-electron chi connectivity index (χ1n) is 11.7. The minimum absolute atomic E-state index is 0.0930. The van der Waals surface area contributed by atoms with Gasteiger partial charge in [0, 0.05) is 52.0 Å². The van der Waals surface area contributed by atoms with Crippen LogP contribution in [0.25, 0.3) is 11.2 Å². The molecule has 4 aromatic rings. The lowest BCUT2D eigenvalue weighted by molar-refractivity contribution is 0.0155. The zero-order valence-corrected chi connectivity index (χ0v) is 21.2. The van der Waals surface area contributed by atoms with E-state index in [-0.39, 0.29) is 36.4 Å². The summed E-state index contributed by atoms with van der Waals surface area (Å²) in [5.41, 5.74) is 0.0680. The molecule has 0 amide bonds. The zero-order valence-electron chi connectivity index (χ0n) is 21.2. The molecule has 1 unspecified atom stereocenters. The van der Waals surface area contributed by atoms with E-state index in [1.54, 1.807) is 48.3 Å². The average molecular weight is 522 g/mol. The van der Waals surface area contributed by atoms with Crippen molar-refractivity contribution in [3.05, 3.63) is 87.3 Å². The van der Waals surface area contributed by atoms with Crippen LogP contribution < -0.4 is 11.2 Å². The smallest absolute Gasteiger partial charge is 0.340 e. The van der Waals surface area contributed by atoms with E-state index in [0.29, 0.717) is 12.1 Å². The first-order valence-corrected chi connectivity index (χ1v) is 11.7. The normalized spacial score (nSPS) is 12.0. The van der Waals surface area contributed by atoms with E-state index < -0.39 is 29.3 Å². The third kappa shape index (κ3) is 5.83. The van der Waals surface area contributed by atoms with Gasteiger partial charge in [-0.15, -0.1) is 0 Å². The monoisotopic (exact) mass is 521 g/mol. The summed E-state index contributed by atoms with van der Waals surface area (Å²) >= 11 is 0. The maximum atomic E-state index is 12.9. The molecule has 0 fully saturated rings. The van der Waals surface area contributed by atoms with Crippen LogP contribution in [0.1, 0.15) is 20.7 Å². The molecular formula is C25H27N7O6. The zero-order chi connectivity index (χ0) is 27.2. The van der Waals surface area contributed by atoms with Crippen LogP contribution in [0.15, 0.2) is 65.0 Å². The molecule has 13 heteroatoms. The minimum atomic E-state index is -0.721. The highest BCUT2D eigenvalue weighted by Gasteiger charge is 2.22. The number of esters is 2. The highest BCUT2D eigenvalue weighted by atomic mass is 16.5. The SMILES string of the molecule is CN(CCOC(=O)c1cccnc1)CC(Cn1cnc2c1c(=O)n(C)c(=O)n2C)OC(=O)c1cccnc1. The van der Waals surface area contributed by atoms with Crippen LogP contribution in [0.5, 0.6) is 0 Å². The maximum absolute atomic E-state index is 12.9. The molecule has 0 saturated carbocycles. The van der Waals surface area contributed by atoms with Gasteiger partial charge in [-0.2, -0.15) is 0 Å². The van der Waals surface area contributed by atoms with Crippen molar-refractivity contribution in [1.82, 2.24) is 33.6 Å². The third-order valence-corrected chi connectivity index (χ3v) is 5.91. The Morgan fingerprint density at radius 3 is 2.29 bits per heavy atom. The molecule has 0 N–H and O–H groups in total. The summed E-state index contributed by atoms with van der Waals surface area (Å²) in [5.74, 6) is -1.07. The van der Waals surface area contributed by atoms with Gasteiger partial charge in [0.25, 0.3) is 5.56 Å². The second-order valence-electron chi connectivity index (χ2n) is 8.68. The highest BCUT2D eigenvalue weighted by molar-refractivity contribution is 5.89. The molecule has 4 rings (SSSR count). The van der Waals surface area contributed by atoms with Crippen molar-refractivity contribution in [2.24, 2.45) is 14.1 Å². The van der Waals surface area contributed by atoms with Crippen molar-refractivity contribution >= 4 is 23.1 Å². The van der Waals surface area contributed by atoms with E-state index in [0.717, 1.165) is 4.57 Å². The Hall–Kier alpha value is -4.65. The number of carbonyl (C=O) groups is 2. The Bertz CT molecular complexity index is 1550. The van der Waals surface area contributed by atoms with Crippen molar-refractivity contribution in [1.29, 1.82) is 0 Å². The molecule has 0 saturated heterocycles. The molecule has 0 radical (unpaired) electrons. The number of hydrogen-bond donors (Lipinski definition) is 0. The lowest BCUT2D eigenvalue weighted by Gasteiger charge is -2.24. The van der Waals surface area contributed by atoms with Gasteiger partial charge in [0.15, 0.2) is 11.2 Å². The summed E-state index contributed by atoms with van der Waals surface area (Å²) in [6, 6.07) is 6.48. The van der Waals surface area contributed by atoms with Gasteiger partial charge in [0.1, 0.15) is 12.7 Å². The lowest BCUT2D eigenvalue weighted by atomic mass is 10.2. The maximum Gasteiger partial charge on any atom is 0.340 e. The fourth-order valence-electron chi connectivity index (χ4n) is 3.89. The Labute approximate surface area is 216 Å². The van der Waals surface area contributed by atoms with Crippen LogP contribution in [0.4, 0.5) is 0 Å². The third-order valence-electron chi connectivity index (χ3n) is 5.91. The Balaban J connectivity index is 1.50. The van der Waals surface area contributed by atoms with Gasteiger partial charge in [-0.3, -0.25) is 28.8 Å². The number of fused-ring (bicyclic) bond motifs is 1. The summed E-state index contributed by atoms with van der Waals surface area (Å²) in [6.07, 6.45) is 6.66. The van der Waals surface area contributed by atoms with Crippen molar-refractivity contribution < 1.29 is 19.1 Å². The van der Waals surface area contributed by atoms with Crippen molar-refractivity contribution in [2.45, 2.75) is 12.6 Å². The van der Waals surface area contributed by atoms with Gasteiger partial charge in [-0.05, 0) is 31.3 Å². The summed E-state index contributed by atoms with van der Waals surface area (Å²) in [5, 5.41) is 0. The lowest BCUT2D eigenvalue weighted by Crippen LogP contribution is -2.39. The number of ether oxygens (including phenoxy) is 2. The molecule has 38 heavy (non-hydrogen) atoms.